The van der Waals surface area contributed by atoms with Crippen molar-refractivity contribution in [3.05, 3.63) is 226 Å². The van der Waals surface area contributed by atoms with Crippen molar-refractivity contribution in [3.63, 3.8) is 0 Å². The lowest BCUT2D eigenvalue weighted by molar-refractivity contribution is 0.634. The maximum Gasteiger partial charge on any atom is 0.0720 e. The fourth-order valence-corrected chi connectivity index (χ4v) is 10.8. The molecule has 236 valence electrons. The molecule has 12 rings (SSSR count). The fraction of sp³-hybridized carbons (Fsp3) is 0.0588. The maximum absolute atomic E-state index is 2.62. The van der Waals surface area contributed by atoms with E-state index in [9.17, 15) is 0 Å². The van der Waals surface area contributed by atoms with Crippen LogP contribution in [0.3, 0.4) is 0 Å². The van der Waals surface area contributed by atoms with Gasteiger partial charge in [0.1, 0.15) is 0 Å². The minimum Gasteiger partial charge on any atom is -0.0619 e. The van der Waals surface area contributed by atoms with Gasteiger partial charge in [-0.2, -0.15) is 0 Å². The zero-order valence-corrected chi connectivity index (χ0v) is 28.2. The van der Waals surface area contributed by atoms with Crippen molar-refractivity contribution in [2.75, 3.05) is 0 Å². The number of hydrogen-bond donors (Lipinski definition) is 0. The highest BCUT2D eigenvalue weighted by Crippen LogP contribution is 2.68. The third-order valence-electron chi connectivity index (χ3n) is 12.6. The van der Waals surface area contributed by atoms with Crippen molar-refractivity contribution in [2.45, 2.75) is 17.8 Å². The van der Waals surface area contributed by atoms with Crippen molar-refractivity contribution in [1.29, 1.82) is 0 Å². The first-order valence-electron chi connectivity index (χ1n) is 18.1. The summed E-state index contributed by atoms with van der Waals surface area (Å²) in [6.07, 6.45) is 0. The molecule has 51 heavy (non-hydrogen) atoms. The van der Waals surface area contributed by atoms with Gasteiger partial charge in [0, 0.05) is 0 Å². The van der Waals surface area contributed by atoms with E-state index < -0.39 is 10.8 Å². The molecule has 0 fully saturated rings. The first-order chi connectivity index (χ1) is 25.2. The maximum atomic E-state index is 2.62. The molecule has 3 aliphatic rings. The smallest absolute Gasteiger partial charge is 0.0619 e. The average Bonchev–Trinajstić information content (AvgIpc) is 3.66. The highest BCUT2D eigenvalue weighted by Gasteiger charge is 2.59. The summed E-state index contributed by atoms with van der Waals surface area (Å²) in [5, 5.41) is 7.85. The largest absolute Gasteiger partial charge is 0.0720 e. The number of rotatable bonds is 0. The molecule has 9 aromatic carbocycles. The topological polar surface area (TPSA) is 0 Å². The van der Waals surface area contributed by atoms with Crippen LogP contribution in [0.1, 0.15) is 50.1 Å². The van der Waals surface area contributed by atoms with Gasteiger partial charge < -0.3 is 0 Å². The minimum atomic E-state index is -0.497. The van der Waals surface area contributed by atoms with Crippen LogP contribution in [-0.4, -0.2) is 0 Å². The Labute approximate surface area is 297 Å². The van der Waals surface area contributed by atoms with E-state index in [4.69, 9.17) is 0 Å². The summed E-state index contributed by atoms with van der Waals surface area (Å²) in [7, 11) is 0. The molecular weight excluding hydrogens is 613 g/mol. The Morgan fingerprint density at radius 2 is 0.569 bits per heavy atom. The number of aryl methyl sites for hydroxylation is 1. The van der Waals surface area contributed by atoms with Crippen molar-refractivity contribution in [1.82, 2.24) is 0 Å². The Morgan fingerprint density at radius 3 is 0.980 bits per heavy atom. The van der Waals surface area contributed by atoms with Gasteiger partial charge in [-0.3, -0.25) is 0 Å². The van der Waals surface area contributed by atoms with Crippen LogP contribution >= 0.6 is 0 Å². The van der Waals surface area contributed by atoms with Crippen LogP contribution in [-0.2, 0) is 10.8 Å². The number of benzene rings is 9. The fourth-order valence-electron chi connectivity index (χ4n) is 10.8. The van der Waals surface area contributed by atoms with E-state index in [1.54, 1.807) is 0 Å². The first kappa shape index (κ1) is 27.6. The van der Waals surface area contributed by atoms with Crippen LogP contribution in [0.15, 0.2) is 176 Å². The molecule has 0 bridgehead atoms. The molecule has 0 aromatic heterocycles. The van der Waals surface area contributed by atoms with E-state index in [0.29, 0.717) is 0 Å². The van der Waals surface area contributed by atoms with Gasteiger partial charge in [0.25, 0.3) is 0 Å². The lowest BCUT2D eigenvalue weighted by atomic mass is 9.52. The number of hydrogen-bond acceptors (Lipinski definition) is 0. The third kappa shape index (κ3) is 3.11. The molecule has 9 aromatic rings. The van der Waals surface area contributed by atoms with Crippen molar-refractivity contribution in [2.24, 2.45) is 0 Å². The Bertz CT molecular complexity index is 2900. The quantitative estimate of drug-likeness (QED) is 0.144. The molecule has 0 radical (unpaired) electrons. The average molecular weight is 645 g/mol. The molecular formula is C51H32. The summed E-state index contributed by atoms with van der Waals surface area (Å²) in [6.45, 7) is 2.26. The van der Waals surface area contributed by atoms with Gasteiger partial charge in [0.05, 0.1) is 10.8 Å². The molecule has 0 saturated heterocycles. The van der Waals surface area contributed by atoms with E-state index in [1.807, 2.05) is 0 Å². The summed E-state index contributed by atoms with van der Waals surface area (Å²) in [5.74, 6) is 0. The molecule has 2 spiro atoms. The normalized spacial score (nSPS) is 15.1. The van der Waals surface area contributed by atoms with Crippen molar-refractivity contribution >= 4 is 32.3 Å². The zero-order chi connectivity index (χ0) is 33.5. The van der Waals surface area contributed by atoms with Crippen LogP contribution < -0.4 is 0 Å². The Balaban J connectivity index is 1.40. The van der Waals surface area contributed by atoms with Gasteiger partial charge in [-0.1, -0.05) is 169 Å². The molecule has 0 unspecified atom stereocenters. The molecule has 3 aliphatic carbocycles. The van der Waals surface area contributed by atoms with E-state index in [2.05, 4.69) is 183 Å². The predicted octanol–water partition coefficient (Wildman–Crippen LogP) is 12.5. The first-order valence-corrected chi connectivity index (χ1v) is 18.1. The molecule has 0 aliphatic heterocycles. The third-order valence-corrected chi connectivity index (χ3v) is 12.6. The Kier molecular flexibility index (Phi) is 5.14. The second-order valence-electron chi connectivity index (χ2n) is 14.8. The Hall–Kier alpha value is -6.24. The summed E-state index contributed by atoms with van der Waals surface area (Å²) < 4.78 is 0. The molecule has 0 heteroatoms. The molecule has 0 atom stereocenters. The highest BCUT2D eigenvalue weighted by atomic mass is 14.6. The van der Waals surface area contributed by atoms with Crippen molar-refractivity contribution < 1.29 is 0 Å². The lowest BCUT2D eigenvalue weighted by Crippen LogP contribution is -2.44. The second-order valence-corrected chi connectivity index (χ2v) is 14.8. The SMILES string of the molecule is Cc1ccc2c(c1)C1(c3ccccc3-c3ccccc31)c1cc3c4ccccc4c4ccccc4c3cc1C21c2ccccc2-c2ccccc21. The summed E-state index contributed by atoms with van der Waals surface area (Å²) in [4.78, 5) is 0. The van der Waals surface area contributed by atoms with Crippen LogP contribution in [0.4, 0.5) is 0 Å². The van der Waals surface area contributed by atoms with Gasteiger partial charge in [-0.05, 0) is 118 Å². The lowest BCUT2D eigenvalue weighted by Gasteiger charge is -2.49. The van der Waals surface area contributed by atoms with Crippen LogP contribution in [0.5, 0.6) is 0 Å². The standard InChI is InChI=1S/C51H32/c1-31-26-27-46-47(28-31)51(44-24-12-8-20-38(44)39-21-9-13-25-45(39)51)49-30-41-35-17-5-3-15-33(35)32-14-2-4-16-34(32)40(41)29-48(49)50(46)42-22-10-6-18-36(42)37-19-7-11-23-43(37)50/h2-30H,1H3. The summed E-state index contributed by atoms with van der Waals surface area (Å²) in [5.41, 5.74) is 16.7. The molecule has 0 saturated carbocycles. The molecule has 0 heterocycles. The Morgan fingerprint density at radius 1 is 0.255 bits per heavy atom. The van der Waals surface area contributed by atoms with E-state index in [1.165, 1.54) is 105 Å². The molecule has 0 nitrogen and oxygen atoms in total. The van der Waals surface area contributed by atoms with Gasteiger partial charge in [-0.15, -0.1) is 0 Å². The van der Waals surface area contributed by atoms with Gasteiger partial charge in [0.2, 0.25) is 0 Å². The van der Waals surface area contributed by atoms with Crippen LogP contribution in [0.2, 0.25) is 0 Å². The minimum absolute atomic E-state index is 0.496. The highest BCUT2D eigenvalue weighted by molar-refractivity contribution is 6.26. The predicted molar refractivity (Wildman–Crippen MR) is 212 cm³/mol. The van der Waals surface area contributed by atoms with Crippen molar-refractivity contribution in [3.8, 4) is 22.3 Å². The van der Waals surface area contributed by atoms with Crippen LogP contribution in [0, 0.1) is 6.92 Å². The van der Waals surface area contributed by atoms with Gasteiger partial charge in [-0.25, -0.2) is 0 Å². The van der Waals surface area contributed by atoms with E-state index >= 15 is 0 Å². The summed E-state index contributed by atoms with van der Waals surface area (Å²) in [6, 6.07) is 67.4. The number of fused-ring (bicyclic) bond motifs is 22. The van der Waals surface area contributed by atoms with E-state index in [0.717, 1.165) is 0 Å². The summed E-state index contributed by atoms with van der Waals surface area (Å²) >= 11 is 0. The molecule has 0 amide bonds. The van der Waals surface area contributed by atoms with E-state index in [-0.39, 0.29) is 0 Å². The zero-order valence-electron chi connectivity index (χ0n) is 28.2. The van der Waals surface area contributed by atoms with Crippen LogP contribution in [0.25, 0.3) is 54.6 Å². The van der Waals surface area contributed by atoms with Gasteiger partial charge in [0.15, 0.2) is 0 Å². The monoisotopic (exact) mass is 644 g/mol. The van der Waals surface area contributed by atoms with Gasteiger partial charge >= 0.3 is 0 Å². The second kappa shape index (κ2) is 9.50. The molecule has 0 N–H and O–H groups in total.